The van der Waals surface area contributed by atoms with Crippen LogP contribution >= 0.6 is 11.6 Å². The van der Waals surface area contributed by atoms with Crippen molar-refractivity contribution in [3.63, 3.8) is 0 Å². The van der Waals surface area contributed by atoms with E-state index in [-0.39, 0.29) is 6.42 Å². The van der Waals surface area contributed by atoms with Crippen molar-refractivity contribution < 1.29 is 22.9 Å². The number of esters is 1. The van der Waals surface area contributed by atoms with Crippen molar-refractivity contribution in [1.29, 1.82) is 0 Å². The van der Waals surface area contributed by atoms with Gasteiger partial charge in [-0.1, -0.05) is 35.9 Å². The Morgan fingerprint density at radius 3 is 2.42 bits per heavy atom. The maximum absolute atomic E-state index is 12.6. The lowest BCUT2D eigenvalue weighted by atomic mass is 10.1. The van der Waals surface area contributed by atoms with Crippen molar-refractivity contribution in [1.82, 2.24) is 4.72 Å². The lowest BCUT2D eigenvalue weighted by Crippen LogP contribution is -2.43. The standard InChI is InChI=1S/C16H15ClN2O6S/c1-25-16(20)13(10-11-6-8-12(17)9-7-11)18-26(23,24)15-5-3-2-4-14(15)19(21)22/h2-9,13,18H,10H2,1H3. The highest BCUT2D eigenvalue weighted by atomic mass is 35.5. The molecule has 26 heavy (non-hydrogen) atoms. The number of nitrogens with zero attached hydrogens (tertiary/aromatic N) is 1. The van der Waals surface area contributed by atoms with Gasteiger partial charge in [-0.15, -0.1) is 0 Å². The third-order valence-corrected chi connectivity index (χ3v) is 5.26. The number of benzene rings is 2. The SMILES string of the molecule is COC(=O)C(Cc1ccc(Cl)cc1)NS(=O)(=O)c1ccccc1[N+](=O)[O-]. The number of carbonyl (C=O) groups excluding carboxylic acids is 1. The highest BCUT2D eigenvalue weighted by Gasteiger charge is 2.31. The van der Waals surface area contributed by atoms with Gasteiger partial charge in [0, 0.05) is 11.1 Å². The second-order valence-corrected chi connectivity index (χ2v) is 7.37. The quantitative estimate of drug-likeness (QED) is 0.434. The zero-order valence-corrected chi connectivity index (χ0v) is 15.2. The molecule has 0 heterocycles. The minimum absolute atomic E-state index is 0.0102. The summed E-state index contributed by atoms with van der Waals surface area (Å²) in [6.07, 6.45) is -0.0102. The molecule has 138 valence electrons. The average molecular weight is 399 g/mol. The summed E-state index contributed by atoms with van der Waals surface area (Å²) >= 11 is 5.80. The summed E-state index contributed by atoms with van der Waals surface area (Å²) in [5.74, 6) is -0.817. The summed E-state index contributed by atoms with van der Waals surface area (Å²) in [5, 5.41) is 11.6. The van der Waals surface area contributed by atoms with E-state index < -0.39 is 37.5 Å². The summed E-state index contributed by atoms with van der Waals surface area (Å²) < 4.78 is 32.0. The molecule has 0 aromatic heterocycles. The van der Waals surface area contributed by atoms with Gasteiger partial charge in [-0.25, -0.2) is 8.42 Å². The fraction of sp³-hybridized carbons (Fsp3) is 0.188. The van der Waals surface area contributed by atoms with E-state index in [2.05, 4.69) is 9.46 Å². The van der Waals surface area contributed by atoms with Crippen LogP contribution in [-0.4, -0.2) is 32.5 Å². The summed E-state index contributed by atoms with van der Waals surface area (Å²) in [4.78, 5) is 21.7. The molecule has 1 unspecified atom stereocenters. The second kappa shape index (κ2) is 8.26. The molecular formula is C16H15ClN2O6S. The lowest BCUT2D eigenvalue weighted by Gasteiger charge is -2.17. The highest BCUT2D eigenvalue weighted by Crippen LogP contribution is 2.23. The minimum atomic E-state index is -4.34. The van der Waals surface area contributed by atoms with Gasteiger partial charge in [-0.3, -0.25) is 14.9 Å². The number of hydrogen-bond acceptors (Lipinski definition) is 6. The van der Waals surface area contributed by atoms with Crippen LogP contribution in [0.15, 0.2) is 53.4 Å². The largest absolute Gasteiger partial charge is 0.468 e. The molecule has 10 heteroatoms. The monoisotopic (exact) mass is 398 g/mol. The van der Waals surface area contributed by atoms with Crippen molar-refractivity contribution in [3.8, 4) is 0 Å². The van der Waals surface area contributed by atoms with Gasteiger partial charge in [-0.2, -0.15) is 4.72 Å². The van der Waals surface area contributed by atoms with Crippen LogP contribution in [0.3, 0.4) is 0 Å². The molecule has 8 nitrogen and oxygen atoms in total. The Labute approximate surface area is 154 Å². The van der Waals surface area contributed by atoms with Crippen LogP contribution in [0.1, 0.15) is 5.56 Å². The zero-order chi connectivity index (χ0) is 19.3. The first kappa shape index (κ1) is 19.8. The van der Waals surface area contributed by atoms with Gasteiger partial charge in [0.2, 0.25) is 10.0 Å². The maximum atomic E-state index is 12.6. The lowest BCUT2D eigenvalue weighted by molar-refractivity contribution is -0.387. The fourth-order valence-electron chi connectivity index (χ4n) is 2.26. The van der Waals surface area contributed by atoms with Crippen LogP contribution in [0, 0.1) is 10.1 Å². The number of methoxy groups -OCH3 is 1. The van der Waals surface area contributed by atoms with E-state index in [9.17, 15) is 23.3 Å². The zero-order valence-electron chi connectivity index (χ0n) is 13.6. The number of carbonyl (C=O) groups is 1. The minimum Gasteiger partial charge on any atom is -0.468 e. The average Bonchev–Trinajstić information content (AvgIpc) is 2.62. The van der Waals surface area contributed by atoms with E-state index in [0.717, 1.165) is 19.2 Å². The summed E-state index contributed by atoms with van der Waals surface area (Å²) in [7, 11) is -3.22. The molecule has 0 bridgehead atoms. The number of nitro benzene ring substituents is 1. The number of ether oxygens (including phenoxy) is 1. The van der Waals surface area contributed by atoms with Gasteiger partial charge in [0.1, 0.15) is 6.04 Å². The third kappa shape index (κ3) is 4.78. The van der Waals surface area contributed by atoms with Gasteiger partial charge in [-0.05, 0) is 30.2 Å². The predicted octanol–water partition coefficient (Wildman–Crippen LogP) is 2.31. The molecule has 0 radical (unpaired) electrons. The number of sulfonamides is 1. The molecule has 0 aliphatic heterocycles. The van der Waals surface area contributed by atoms with Gasteiger partial charge < -0.3 is 4.74 Å². The third-order valence-electron chi connectivity index (χ3n) is 3.49. The highest BCUT2D eigenvalue weighted by molar-refractivity contribution is 7.89. The van der Waals surface area contributed by atoms with Crippen molar-refractivity contribution in [2.75, 3.05) is 7.11 Å². The maximum Gasteiger partial charge on any atom is 0.324 e. The molecule has 0 aliphatic carbocycles. The molecular weight excluding hydrogens is 384 g/mol. The van der Waals surface area contributed by atoms with Gasteiger partial charge in [0.05, 0.1) is 12.0 Å². The van der Waals surface area contributed by atoms with E-state index >= 15 is 0 Å². The van der Waals surface area contributed by atoms with E-state index in [1.807, 2.05) is 0 Å². The number of halogens is 1. The Morgan fingerprint density at radius 2 is 1.85 bits per heavy atom. The molecule has 0 saturated carbocycles. The molecule has 2 aromatic carbocycles. The first-order valence-corrected chi connectivity index (χ1v) is 9.18. The van der Waals surface area contributed by atoms with E-state index in [0.29, 0.717) is 10.6 Å². The second-order valence-electron chi connectivity index (χ2n) is 5.25. The first-order valence-electron chi connectivity index (χ1n) is 7.32. The number of para-hydroxylation sites is 1. The Balaban J connectivity index is 2.34. The molecule has 0 fully saturated rings. The molecule has 2 rings (SSSR count). The van der Waals surface area contributed by atoms with Gasteiger partial charge >= 0.3 is 5.97 Å². The van der Waals surface area contributed by atoms with Gasteiger partial charge in [0.25, 0.3) is 5.69 Å². The number of nitro groups is 1. The topological polar surface area (TPSA) is 116 Å². The first-order chi connectivity index (χ1) is 12.2. The van der Waals surface area contributed by atoms with Crippen molar-refractivity contribution in [2.24, 2.45) is 0 Å². The van der Waals surface area contributed by atoms with Crippen LogP contribution in [-0.2, 0) is 26.0 Å². The van der Waals surface area contributed by atoms with Crippen LogP contribution in [0.25, 0.3) is 0 Å². The Hall–Kier alpha value is -2.49. The summed E-state index contributed by atoms with van der Waals surface area (Å²) in [5.41, 5.74) is 0.0465. The van der Waals surface area contributed by atoms with Crippen molar-refractivity contribution >= 4 is 33.3 Å². The molecule has 2 aromatic rings. The number of hydrogen-bond donors (Lipinski definition) is 1. The normalized spacial score (nSPS) is 12.4. The van der Waals surface area contributed by atoms with Crippen LogP contribution in [0.2, 0.25) is 5.02 Å². The predicted molar refractivity (Wildman–Crippen MR) is 94.4 cm³/mol. The molecule has 0 amide bonds. The van der Waals surface area contributed by atoms with Crippen LogP contribution < -0.4 is 4.72 Å². The van der Waals surface area contributed by atoms with Gasteiger partial charge in [0.15, 0.2) is 4.90 Å². The van der Waals surface area contributed by atoms with Crippen LogP contribution in [0.4, 0.5) is 5.69 Å². The van der Waals surface area contributed by atoms with Crippen molar-refractivity contribution in [2.45, 2.75) is 17.4 Å². The Morgan fingerprint density at radius 1 is 1.23 bits per heavy atom. The number of nitrogens with one attached hydrogen (secondary N) is 1. The molecule has 1 atom stereocenters. The Kier molecular flexibility index (Phi) is 6.30. The van der Waals surface area contributed by atoms with Crippen molar-refractivity contribution in [3.05, 3.63) is 69.2 Å². The molecule has 0 aliphatic rings. The Bertz CT molecular complexity index is 915. The summed E-state index contributed by atoms with van der Waals surface area (Å²) in [6.45, 7) is 0. The molecule has 0 spiro atoms. The molecule has 1 N–H and O–H groups in total. The number of rotatable bonds is 7. The van der Waals surface area contributed by atoms with E-state index in [4.69, 9.17) is 11.6 Å². The van der Waals surface area contributed by atoms with E-state index in [1.54, 1.807) is 24.3 Å². The van der Waals surface area contributed by atoms with E-state index in [1.165, 1.54) is 12.1 Å². The molecule has 0 saturated heterocycles. The van der Waals surface area contributed by atoms with Crippen LogP contribution in [0.5, 0.6) is 0 Å². The fourth-order valence-corrected chi connectivity index (χ4v) is 3.74. The smallest absolute Gasteiger partial charge is 0.324 e. The summed E-state index contributed by atoms with van der Waals surface area (Å²) in [6, 6.07) is 10.1.